The molecule has 0 bridgehead atoms. The molecule has 3 heteroatoms. The van der Waals surface area contributed by atoms with E-state index in [1.807, 2.05) is 42.5 Å². The minimum absolute atomic E-state index is 0. The van der Waals surface area contributed by atoms with E-state index in [2.05, 4.69) is 20.9 Å². The van der Waals surface area contributed by atoms with E-state index in [1.165, 1.54) is 0 Å². The van der Waals surface area contributed by atoms with Crippen LogP contribution in [-0.4, -0.2) is 23.8 Å². The Kier molecular flexibility index (Phi) is 4.41. The molecule has 0 aliphatic carbocycles. The van der Waals surface area contributed by atoms with E-state index in [9.17, 15) is 0 Å². The molecule has 1 aromatic heterocycles. The second-order valence-corrected chi connectivity index (χ2v) is 3.55. The van der Waals surface area contributed by atoms with Crippen molar-refractivity contribution in [2.24, 2.45) is 0 Å². The van der Waals surface area contributed by atoms with E-state index in [0.717, 1.165) is 15.7 Å². The largest absolute Gasteiger partial charge is 0.256 e. The molecule has 0 atom stereocenters. The summed E-state index contributed by atoms with van der Waals surface area (Å²) >= 11 is 3.49. The number of hydrogen-bond donors (Lipinski definition) is 0. The molecule has 0 saturated heterocycles. The Morgan fingerprint density at radius 2 is 1.64 bits per heavy atom. The summed E-state index contributed by atoms with van der Waals surface area (Å²) in [5.74, 6) is 0. The molecule has 1 heterocycles. The van der Waals surface area contributed by atoms with Crippen molar-refractivity contribution < 1.29 is 0 Å². The van der Waals surface area contributed by atoms with Crippen molar-refractivity contribution in [3.63, 3.8) is 0 Å². The molecule has 1 nitrogen and oxygen atoms in total. The normalized spacial score (nSPS) is 9.21. The maximum atomic E-state index is 4.28. The summed E-state index contributed by atoms with van der Waals surface area (Å²) in [7, 11) is 0. The zero-order valence-electron chi connectivity index (χ0n) is 7.94. The Morgan fingerprint density at radius 3 is 2.29 bits per heavy atom. The van der Waals surface area contributed by atoms with Crippen LogP contribution in [0, 0.1) is 0 Å². The van der Waals surface area contributed by atoms with Crippen molar-refractivity contribution in [1.82, 2.24) is 4.98 Å². The molecule has 0 unspecified atom stereocenters. The Labute approximate surface area is 104 Å². The fraction of sp³-hybridized carbons (Fsp3) is 0. The third kappa shape index (κ3) is 2.48. The molecule has 0 amide bonds. The van der Waals surface area contributed by atoms with Crippen LogP contribution in [0.1, 0.15) is 0 Å². The monoisotopic (exact) mass is 240 g/mol. The summed E-state index contributed by atoms with van der Waals surface area (Å²) in [6.45, 7) is 0. The minimum Gasteiger partial charge on any atom is -0.256 e. The molecule has 0 fully saturated rings. The van der Waals surface area contributed by atoms with Crippen molar-refractivity contribution >= 4 is 34.8 Å². The van der Waals surface area contributed by atoms with Crippen LogP contribution < -0.4 is 0 Å². The van der Waals surface area contributed by atoms with Gasteiger partial charge in [-0.05, 0) is 18.2 Å². The van der Waals surface area contributed by atoms with Crippen LogP contribution in [0.5, 0.6) is 0 Å². The average molecular weight is 241 g/mol. The van der Waals surface area contributed by atoms with Gasteiger partial charge in [-0.25, -0.2) is 0 Å². The van der Waals surface area contributed by atoms with Gasteiger partial charge < -0.3 is 0 Å². The Bertz CT molecular complexity index is 403. The molecular formula is C11H8BrLiN. The molecule has 1 aromatic carbocycles. The fourth-order valence-electron chi connectivity index (χ4n) is 1.19. The third-order valence-electron chi connectivity index (χ3n) is 1.81. The first-order chi connectivity index (χ1) is 6.38. The number of benzene rings is 1. The summed E-state index contributed by atoms with van der Waals surface area (Å²) in [6, 6.07) is 14.0. The predicted octanol–water partition coefficient (Wildman–Crippen LogP) is 3.13. The zero-order valence-corrected chi connectivity index (χ0v) is 9.53. The van der Waals surface area contributed by atoms with E-state index in [0.29, 0.717) is 0 Å². The maximum absolute atomic E-state index is 4.28. The molecule has 0 aliphatic rings. The SMILES string of the molecule is Brc1ccccc1-c1ccccn1.[Li]. The van der Waals surface area contributed by atoms with Gasteiger partial charge in [0.2, 0.25) is 0 Å². The van der Waals surface area contributed by atoms with Crippen molar-refractivity contribution in [1.29, 1.82) is 0 Å². The van der Waals surface area contributed by atoms with E-state index in [-0.39, 0.29) is 18.9 Å². The van der Waals surface area contributed by atoms with Crippen LogP contribution in [0.3, 0.4) is 0 Å². The van der Waals surface area contributed by atoms with Crippen LogP contribution in [0.4, 0.5) is 0 Å². The Hall–Kier alpha value is -0.553. The second kappa shape index (κ2) is 5.36. The Balaban J connectivity index is 0.000000980. The van der Waals surface area contributed by atoms with E-state index < -0.39 is 0 Å². The second-order valence-electron chi connectivity index (χ2n) is 2.69. The van der Waals surface area contributed by atoms with Gasteiger partial charge in [0.25, 0.3) is 0 Å². The molecule has 14 heavy (non-hydrogen) atoms. The molecule has 0 N–H and O–H groups in total. The van der Waals surface area contributed by atoms with Crippen LogP contribution in [-0.2, 0) is 0 Å². The minimum atomic E-state index is 0. The van der Waals surface area contributed by atoms with Crippen molar-refractivity contribution in [2.45, 2.75) is 0 Å². The maximum Gasteiger partial charge on any atom is 0.0713 e. The number of nitrogens with zero attached hydrogens (tertiary/aromatic N) is 1. The molecule has 0 saturated carbocycles. The molecular weight excluding hydrogens is 233 g/mol. The van der Waals surface area contributed by atoms with E-state index in [1.54, 1.807) is 6.20 Å². The van der Waals surface area contributed by atoms with Crippen LogP contribution >= 0.6 is 15.9 Å². The topological polar surface area (TPSA) is 12.9 Å². The van der Waals surface area contributed by atoms with Gasteiger partial charge >= 0.3 is 0 Å². The smallest absolute Gasteiger partial charge is 0.0713 e. The summed E-state index contributed by atoms with van der Waals surface area (Å²) < 4.78 is 1.08. The van der Waals surface area contributed by atoms with Crippen LogP contribution in [0.25, 0.3) is 11.3 Å². The first-order valence-corrected chi connectivity index (χ1v) is 4.83. The molecule has 65 valence electrons. The number of aromatic nitrogens is 1. The summed E-state index contributed by atoms with van der Waals surface area (Å²) in [5, 5.41) is 0. The molecule has 2 aromatic rings. The van der Waals surface area contributed by atoms with Crippen LogP contribution in [0.15, 0.2) is 53.1 Å². The van der Waals surface area contributed by atoms with Gasteiger partial charge in [-0.15, -0.1) is 0 Å². The van der Waals surface area contributed by atoms with Gasteiger partial charge in [-0.2, -0.15) is 0 Å². The zero-order chi connectivity index (χ0) is 9.10. The summed E-state index contributed by atoms with van der Waals surface area (Å²) in [6.07, 6.45) is 1.80. The van der Waals surface area contributed by atoms with Gasteiger partial charge in [-0.1, -0.05) is 40.2 Å². The number of rotatable bonds is 1. The number of halogens is 1. The van der Waals surface area contributed by atoms with Gasteiger partial charge in [0, 0.05) is 35.1 Å². The van der Waals surface area contributed by atoms with Crippen LogP contribution in [0.2, 0.25) is 0 Å². The quantitative estimate of drug-likeness (QED) is 0.699. The van der Waals surface area contributed by atoms with Gasteiger partial charge in [-0.3, -0.25) is 4.98 Å². The Morgan fingerprint density at radius 1 is 0.929 bits per heavy atom. The van der Waals surface area contributed by atoms with Gasteiger partial charge in [0.05, 0.1) is 5.69 Å². The average Bonchev–Trinajstić information content (AvgIpc) is 2.20. The molecule has 1 radical (unpaired) electrons. The van der Waals surface area contributed by atoms with Crippen molar-refractivity contribution in [2.75, 3.05) is 0 Å². The molecule has 0 spiro atoms. The van der Waals surface area contributed by atoms with E-state index in [4.69, 9.17) is 0 Å². The molecule has 0 aliphatic heterocycles. The number of pyridine rings is 1. The molecule has 2 rings (SSSR count). The standard InChI is InChI=1S/C11H8BrN.Li/c12-10-6-2-1-5-9(10)11-7-3-4-8-13-11;/h1-8H;. The van der Waals surface area contributed by atoms with E-state index >= 15 is 0 Å². The first kappa shape index (κ1) is 11.5. The van der Waals surface area contributed by atoms with Gasteiger partial charge in [0.15, 0.2) is 0 Å². The van der Waals surface area contributed by atoms with Crippen molar-refractivity contribution in [3.8, 4) is 11.3 Å². The fourth-order valence-corrected chi connectivity index (χ4v) is 1.68. The summed E-state index contributed by atoms with van der Waals surface area (Å²) in [5.41, 5.74) is 2.12. The summed E-state index contributed by atoms with van der Waals surface area (Å²) in [4.78, 5) is 4.28. The third-order valence-corrected chi connectivity index (χ3v) is 2.51. The van der Waals surface area contributed by atoms with Crippen molar-refractivity contribution in [3.05, 3.63) is 53.1 Å². The first-order valence-electron chi connectivity index (χ1n) is 4.04. The number of hydrogen-bond acceptors (Lipinski definition) is 1. The van der Waals surface area contributed by atoms with Gasteiger partial charge in [0.1, 0.15) is 0 Å². The predicted molar refractivity (Wildman–Crippen MR) is 63.1 cm³/mol.